The van der Waals surface area contributed by atoms with E-state index in [1.807, 2.05) is 37.3 Å². The normalized spacial score (nSPS) is 21.0. The van der Waals surface area contributed by atoms with Crippen LogP contribution in [0.2, 0.25) is 0 Å². The van der Waals surface area contributed by atoms with Gasteiger partial charge in [-0.25, -0.2) is 0 Å². The number of amides is 3. The van der Waals surface area contributed by atoms with Crippen LogP contribution in [0.4, 0.5) is 0 Å². The Morgan fingerprint density at radius 1 is 1.14 bits per heavy atom. The van der Waals surface area contributed by atoms with Gasteiger partial charge in [-0.3, -0.25) is 24.7 Å². The van der Waals surface area contributed by atoms with Gasteiger partial charge in [0.15, 0.2) is 0 Å². The number of aryl methyl sites for hydroxylation is 1. The lowest BCUT2D eigenvalue weighted by molar-refractivity contribution is -0.139. The molecule has 0 saturated carbocycles. The van der Waals surface area contributed by atoms with E-state index in [1.54, 1.807) is 18.1 Å². The number of imide groups is 1. The van der Waals surface area contributed by atoms with Gasteiger partial charge in [0.1, 0.15) is 17.0 Å². The van der Waals surface area contributed by atoms with E-state index in [-0.39, 0.29) is 31.2 Å². The molecule has 0 aromatic heterocycles. The molecule has 1 unspecified atom stereocenters. The molecule has 3 amide bonds. The molecule has 5 rings (SSSR count). The number of amidine groups is 1. The summed E-state index contributed by atoms with van der Waals surface area (Å²) in [6.45, 7) is 4.08. The second-order valence-corrected chi connectivity index (χ2v) is 9.08. The van der Waals surface area contributed by atoms with Crippen molar-refractivity contribution in [2.45, 2.75) is 26.3 Å². The minimum atomic E-state index is -1.18. The Morgan fingerprint density at radius 3 is 2.71 bits per heavy atom. The molecule has 0 bridgehead atoms. The van der Waals surface area contributed by atoms with E-state index in [0.717, 1.165) is 41.2 Å². The highest BCUT2D eigenvalue weighted by Gasteiger charge is 2.45. The predicted octanol–water partition coefficient (Wildman–Crippen LogP) is 1.78. The first kappa shape index (κ1) is 22.7. The van der Waals surface area contributed by atoms with Crippen LogP contribution in [0, 0.1) is 24.2 Å². The van der Waals surface area contributed by atoms with E-state index in [2.05, 4.69) is 27.5 Å². The van der Waals surface area contributed by atoms with Gasteiger partial charge >= 0.3 is 0 Å². The van der Waals surface area contributed by atoms with Crippen molar-refractivity contribution in [2.24, 2.45) is 10.4 Å². The van der Waals surface area contributed by atoms with Crippen LogP contribution in [0.1, 0.15) is 45.5 Å². The fourth-order valence-corrected chi connectivity index (χ4v) is 4.76. The van der Waals surface area contributed by atoms with Gasteiger partial charge in [-0.15, -0.1) is 0 Å². The van der Waals surface area contributed by atoms with E-state index in [9.17, 15) is 14.4 Å². The predicted molar refractivity (Wildman–Crippen MR) is 130 cm³/mol. The summed E-state index contributed by atoms with van der Waals surface area (Å²) in [5.74, 6) is 6.84. The van der Waals surface area contributed by atoms with Crippen molar-refractivity contribution in [3.63, 3.8) is 0 Å². The van der Waals surface area contributed by atoms with Crippen molar-refractivity contribution >= 4 is 23.6 Å². The maximum Gasteiger partial charge on any atom is 0.254 e. The van der Waals surface area contributed by atoms with Gasteiger partial charge in [0.2, 0.25) is 11.8 Å². The van der Waals surface area contributed by atoms with Gasteiger partial charge in [-0.05, 0) is 54.8 Å². The highest BCUT2D eigenvalue weighted by molar-refractivity contribution is 6.04. The monoisotopic (exact) mass is 470 g/mol. The highest BCUT2D eigenvalue weighted by Crippen LogP contribution is 2.34. The molecule has 35 heavy (non-hydrogen) atoms. The van der Waals surface area contributed by atoms with Gasteiger partial charge in [0.25, 0.3) is 5.91 Å². The first-order chi connectivity index (χ1) is 16.9. The number of nitrogens with one attached hydrogen (secondary N) is 2. The van der Waals surface area contributed by atoms with Gasteiger partial charge in [0.05, 0.1) is 13.7 Å². The number of methoxy groups -OCH3 is 1. The molecule has 3 heterocycles. The van der Waals surface area contributed by atoms with Crippen molar-refractivity contribution in [1.29, 1.82) is 0 Å². The van der Waals surface area contributed by atoms with Crippen molar-refractivity contribution in [2.75, 3.05) is 26.7 Å². The number of nitrogens with zero attached hydrogens (tertiary/aromatic N) is 2. The summed E-state index contributed by atoms with van der Waals surface area (Å²) in [4.78, 5) is 44.2. The number of carbonyl (C=O) groups is 3. The summed E-state index contributed by atoms with van der Waals surface area (Å²) in [6, 6.07) is 11.2. The van der Waals surface area contributed by atoms with Crippen molar-refractivity contribution in [3.05, 3.63) is 64.2 Å². The Hall–Kier alpha value is -4.12. The number of benzene rings is 2. The van der Waals surface area contributed by atoms with Crippen LogP contribution >= 0.6 is 0 Å². The van der Waals surface area contributed by atoms with E-state index in [4.69, 9.17) is 4.74 Å². The summed E-state index contributed by atoms with van der Waals surface area (Å²) < 4.78 is 5.25. The van der Waals surface area contributed by atoms with E-state index in [0.29, 0.717) is 17.9 Å². The average molecular weight is 471 g/mol. The van der Waals surface area contributed by atoms with E-state index < -0.39 is 11.3 Å². The fraction of sp³-hybridized carbons (Fsp3) is 0.333. The zero-order valence-corrected chi connectivity index (χ0v) is 19.7. The van der Waals surface area contributed by atoms with Gasteiger partial charge in [-0.2, -0.15) is 0 Å². The van der Waals surface area contributed by atoms with Crippen molar-refractivity contribution in [3.8, 4) is 17.6 Å². The Bertz CT molecular complexity index is 1340. The summed E-state index contributed by atoms with van der Waals surface area (Å²) in [5.41, 5.74) is 3.07. The quantitative estimate of drug-likeness (QED) is 0.524. The number of fused-ring (bicyclic) bond motifs is 1. The van der Waals surface area contributed by atoms with Crippen molar-refractivity contribution in [1.82, 2.24) is 15.5 Å². The molecule has 0 spiro atoms. The molecule has 178 valence electrons. The topological polar surface area (TPSA) is 100 Å². The molecule has 2 N–H and O–H groups in total. The molecule has 0 radical (unpaired) electrons. The maximum absolute atomic E-state index is 13.1. The molecule has 0 aliphatic carbocycles. The van der Waals surface area contributed by atoms with E-state index >= 15 is 0 Å². The van der Waals surface area contributed by atoms with Crippen LogP contribution in [0.25, 0.3) is 0 Å². The fourth-order valence-electron chi connectivity index (χ4n) is 4.76. The number of carbonyl (C=O) groups excluding carboxylic acids is 3. The van der Waals surface area contributed by atoms with E-state index in [1.165, 1.54) is 0 Å². The number of aliphatic imine (C=N–C) groups is 1. The lowest BCUT2D eigenvalue weighted by Crippen LogP contribution is -2.53. The Kier molecular flexibility index (Phi) is 5.77. The summed E-state index contributed by atoms with van der Waals surface area (Å²) in [5, 5.41) is 5.71. The summed E-state index contributed by atoms with van der Waals surface area (Å²) in [6.07, 6.45) is 0.429. The SMILES string of the molecule is COc1ccc2c(c1)C(=O)N(CC1(C#Cc3ccc(C4=NCCN4)c(C)c3)CCC(=O)NC1=O)C2. The van der Waals surface area contributed by atoms with Crippen LogP contribution < -0.4 is 15.4 Å². The molecule has 1 atom stereocenters. The highest BCUT2D eigenvalue weighted by atomic mass is 16.5. The summed E-state index contributed by atoms with van der Waals surface area (Å²) >= 11 is 0. The molecule has 3 aliphatic heterocycles. The lowest BCUT2D eigenvalue weighted by atomic mass is 9.79. The zero-order chi connectivity index (χ0) is 24.6. The number of ether oxygens (including phenoxy) is 1. The number of hydrogen-bond donors (Lipinski definition) is 2. The van der Waals surface area contributed by atoms with Crippen LogP contribution in [0.15, 0.2) is 41.4 Å². The Labute approximate surface area is 203 Å². The smallest absolute Gasteiger partial charge is 0.254 e. The molecular weight excluding hydrogens is 444 g/mol. The Balaban J connectivity index is 1.44. The summed E-state index contributed by atoms with van der Waals surface area (Å²) in [7, 11) is 1.55. The van der Waals surface area contributed by atoms with Crippen molar-refractivity contribution < 1.29 is 19.1 Å². The third kappa shape index (κ3) is 4.26. The average Bonchev–Trinajstić information content (AvgIpc) is 3.48. The molecular formula is C27H26N4O4. The zero-order valence-electron chi connectivity index (χ0n) is 19.7. The first-order valence-corrected chi connectivity index (χ1v) is 11.6. The lowest BCUT2D eigenvalue weighted by Gasteiger charge is -2.34. The number of hydrogen-bond acceptors (Lipinski definition) is 6. The third-order valence-electron chi connectivity index (χ3n) is 6.72. The standard InChI is InChI=1S/C27H26N4O4/c1-17-13-18(3-6-21(17)24-28-11-12-29-24)7-9-27(10-8-23(32)30-26(27)34)16-31-15-19-4-5-20(35-2)14-22(19)25(31)33/h3-6,13-14H,8,10-12,15-16H2,1-2H3,(H,28,29)(H,30,32,34). The number of rotatable bonds is 4. The molecule has 1 saturated heterocycles. The van der Waals surface area contributed by atoms with Crippen LogP contribution in [-0.4, -0.2) is 55.2 Å². The molecule has 8 nitrogen and oxygen atoms in total. The molecule has 3 aliphatic rings. The van der Waals surface area contributed by atoms with Gasteiger partial charge in [0, 0.05) is 42.7 Å². The molecule has 1 fully saturated rings. The minimum absolute atomic E-state index is 0.104. The Morgan fingerprint density at radius 2 is 2.00 bits per heavy atom. The van der Waals surface area contributed by atoms with Gasteiger partial charge in [-0.1, -0.05) is 17.9 Å². The molecule has 2 aromatic carbocycles. The van der Waals surface area contributed by atoms with Crippen LogP contribution in [0.3, 0.4) is 0 Å². The maximum atomic E-state index is 13.1. The van der Waals surface area contributed by atoms with Crippen LogP contribution in [0.5, 0.6) is 5.75 Å². The number of piperidine rings is 1. The van der Waals surface area contributed by atoms with Gasteiger partial charge < -0.3 is 15.0 Å². The second-order valence-electron chi connectivity index (χ2n) is 9.08. The van der Waals surface area contributed by atoms with Crippen LogP contribution in [-0.2, 0) is 16.1 Å². The first-order valence-electron chi connectivity index (χ1n) is 11.6. The third-order valence-corrected chi connectivity index (χ3v) is 6.72. The molecule has 8 heteroatoms. The minimum Gasteiger partial charge on any atom is -0.497 e. The largest absolute Gasteiger partial charge is 0.497 e. The second kappa shape index (κ2) is 8.91. The molecule has 2 aromatic rings.